The molecule has 7 nitrogen and oxygen atoms in total. The van der Waals surface area contributed by atoms with Gasteiger partial charge in [0.15, 0.2) is 0 Å². The number of halogens is 1. The number of fused-ring (bicyclic) bond motifs is 4. The monoisotopic (exact) mass is 572 g/mol. The predicted molar refractivity (Wildman–Crippen MR) is 162 cm³/mol. The van der Waals surface area contributed by atoms with Crippen molar-refractivity contribution in [3.05, 3.63) is 136 Å². The quantitative estimate of drug-likeness (QED) is 0.242. The van der Waals surface area contributed by atoms with Crippen molar-refractivity contribution < 1.29 is 18.8 Å². The molecule has 2 aliphatic heterocycles. The third-order valence-electron chi connectivity index (χ3n) is 8.44. The molecule has 2 aliphatic rings. The third kappa shape index (κ3) is 4.65. The Balaban J connectivity index is 1.15. The van der Waals surface area contributed by atoms with E-state index in [9.17, 15) is 18.8 Å². The molecule has 0 saturated carbocycles. The zero-order valence-electron chi connectivity index (χ0n) is 23.5. The highest BCUT2D eigenvalue weighted by Gasteiger charge is 2.53. The second-order valence-corrected chi connectivity index (χ2v) is 11.1. The standard InChI is InChI=1S/C35H29FN4O3/c1-21-6-10-23(11-7-21)32-31-28(27-4-2-3-5-29(27)38-31)20-30-34(42)39(35(43)40(30)32)26-16-12-24(13-17-26)33(41)37-19-18-22-8-14-25(36)15-9-22/h2-17,30,32,38H,18-20H2,1H3,(H,37,41)/t30-,32+/m0/s1. The highest BCUT2D eigenvalue weighted by molar-refractivity contribution is 6.22. The van der Waals surface area contributed by atoms with Crippen molar-refractivity contribution in [3.63, 3.8) is 0 Å². The normalized spacial score (nSPS) is 17.7. The minimum atomic E-state index is -0.653. The van der Waals surface area contributed by atoms with Crippen LogP contribution in [0.5, 0.6) is 0 Å². The number of anilines is 1. The number of benzene rings is 4. The molecule has 2 N–H and O–H groups in total. The third-order valence-corrected chi connectivity index (χ3v) is 8.44. The molecule has 0 radical (unpaired) electrons. The molecular weight excluding hydrogens is 543 g/mol. The van der Waals surface area contributed by atoms with E-state index in [4.69, 9.17) is 0 Å². The van der Waals surface area contributed by atoms with Crippen LogP contribution in [0.15, 0.2) is 97.1 Å². The topological polar surface area (TPSA) is 85.5 Å². The number of amides is 4. The van der Waals surface area contributed by atoms with Gasteiger partial charge in [0.2, 0.25) is 0 Å². The first-order valence-corrected chi connectivity index (χ1v) is 14.3. The summed E-state index contributed by atoms with van der Waals surface area (Å²) in [6.45, 7) is 2.41. The molecule has 0 aliphatic carbocycles. The maximum atomic E-state index is 14.1. The number of carbonyl (C=O) groups is 3. The average molecular weight is 573 g/mol. The van der Waals surface area contributed by atoms with E-state index in [2.05, 4.69) is 16.4 Å². The van der Waals surface area contributed by atoms with E-state index in [0.717, 1.165) is 38.9 Å². The number of urea groups is 1. The van der Waals surface area contributed by atoms with Crippen LogP contribution in [0.2, 0.25) is 0 Å². The Morgan fingerprint density at radius 3 is 2.40 bits per heavy atom. The first kappa shape index (κ1) is 26.6. The van der Waals surface area contributed by atoms with Crippen molar-refractivity contribution in [1.29, 1.82) is 0 Å². The van der Waals surface area contributed by atoms with E-state index in [1.807, 2.05) is 49.4 Å². The lowest BCUT2D eigenvalue weighted by Gasteiger charge is -2.36. The number of hydrogen-bond acceptors (Lipinski definition) is 3. The van der Waals surface area contributed by atoms with Gasteiger partial charge in [0, 0.05) is 35.1 Å². The molecule has 7 rings (SSSR count). The molecule has 43 heavy (non-hydrogen) atoms. The summed E-state index contributed by atoms with van der Waals surface area (Å²) >= 11 is 0. The molecule has 2 atom stereocenters. The second kappa shape index (κ2) is 10.5. The van der Waals surface area contributed by atoms with E-state index in [1.54, 1.807) is 41.3 Å². The number of nitrogens with one attached hydrogen (secondary N) is 2. The van der Waals surface area contributed by atoms with Gasteiger partial charge in [-0.15, -0.1) is 0 Å². The van der Waals surface area contributed by atoms with Crippen molar-refractivity contribution in [2.24, 2.45) is 0 Å². The van der Waals surface area contributed by atoms with Crippen molar-refractivity contribution in [2.75, 3.05) is 11.4 Å². The molecule has 1 aromatic heterocycles. The van der Waals surface area contributed by atoms with Gasteiger partial charge in [-0.1, -0.05) is 60.2 Å². The molecule has 4 aromatic carbocycles. The number of carbonyl (C=O) groups excluding carboxylic acids is 3. The molecule has 8 heteroatoms. The predicted octanol–water partition coefficient (Wildman–Crippen LogP) is 6.07. The van der Waals surface area contributed by atoms with Crippen LogP contribution in [-0.4, -0.2) is 40.3 Å². The number of nitrogens with zero attached hydrogens (tertiary/aromatic N) is 2. The number of para-hydroxylation sites is 1. The smallest absolute Gasteiger partial charge is 0.332 e. The Hall–Kier alpha value is -5.24. The number of aromatic nitrogens is 1. The summed E-state index contributed by atoms with van der Waals surface area (Å²) in [7, 11) is 0. The number of H-pyrrole nitrogens is 1. The van der Waals surface area contributed by atoms with E-state index in [-0.39, 0.29) is 23.7 Å². The van der Waals surface area contributed by atoms with Gasteiger partial charge in [-0.2, -0.15) is 0 Å². The van der Waals surface area contributed by atoms with E-state index in [0.29, 0.717) is 30.6 Å². The number of aryl methyl sites for hydroxylation is 1. The lowest BCUT2D eigenvalue weighted by molar-refractivity contribution is -0.120. The van der Waals surface area contributed by atoms with Crippen LogP contribution in [-0.2, 0) is 17.6 Å². The van der Waals surface area contributed by atoms with E-state index < -0.39 is 12.1 Å². The molecule has 0 bridgehead atoms. The largest absolute Gasteiger partial charge is 0.356 e. The number of rotatable bonds is 6. The first-order valence-electron chi connectivity index (χ1n) is 14.3. The molecular formula is C35H29FN4O3. The molecule has 4 amide bonds. The fourth-order valence-electron chi connectivity index (χ4n) is 6.24. The van der Waals surface area contributed by atoms with Gasteiger partial charge >= 0.3 is 6.03 Å². The summed E-state index contributed by atoms with van der Waals surface area (Å²) in [5.41, 5.74) is 6.76. The van der Waals surface area contributed by atoms with Crippen LogP contribution in [0.1, 0.15) is 44.3 Å². The van der Waals surface area contributed by atoms with Gasteiger partial charge in [-0.3, -0.25) is 14.5 Å². The Morgan fingerprint density at radius 2 is 1.65 bits per heavy atom. The molecule has 1 saturated heterocycles. The Bertz CT molecular complexity index is 1860. The van der Waals surface area contributed by atoms with Crippen LogP contribution >= 0.6 is 0 Å². The van der Waals surface area contributed by atoms with E-state index >= 15 is 0 Å². The van der Waals surface area contributed by atoms with Crippen LogP contribution < -0.4 is 10.2 Å². The molecule has 0 spiro atoms. The summed E-state index contributed by atoms with van der Waals surface area (Å²) in [5, 5.41) is 3.93. The fourth-order valence-corrected chi connectivity index (χ4v) is 6.24. The maximum absolute atomic E-state index is 14.1. The SMILES string of the molecule is Cc1ccc([C@@H]2c3[nH]c4ccccc4c3C[C@H]3C(=O)N(c4ccc(C(=O)NCCc5ccc(F)cc5)cc4)C(=O)N23)cc1. The van der Waals surface area contributed by atoms with Crippen molar-refractivity contribution in [2.45, 2.75) is 31.8 Å². The van der Waals surface area contributed by atoms with Gasteiger partial charge < -0.3 is 10.3 Å². The highest BCUT2D eigenvalue weighted by Crippen LogP contribution is 2.44. The number of aromatic amines is 1. The molecule has 1 fully saturated rings. The van der Waals surface area contributed by atoms with Crippen molar-refractivity contribution >= 4 is 34.4 Å². The maximum Gasteiger partial charge on any atom is 0.332 e. The number of hydrogen-bond donors (Lipinski definition) is 2. The summed E-state index contributed by atoms with van der Waals surface area (Å²) in [4.78, 5) is 47.2. The first-order chi connectivity index (χ1) is 20.9. The minimum absolute atomic E-state index is 0.269. The minimum Gasteiger partial charge on any atom is -0.356 e. The van der Waals surface area contributed by atoms with Gasteiger partial charge in [-0.05, 0) is 72.5 Å². The van der Waals surface area contributed by atoms with Gasteiger partial charge in [0.1, 0.15) is 17.9 Å². The van der Waals surface area contributed by atoms with Gasteiger partial charge in [0.25, 0.3) is 11.8 Å². The van der Waals surface area contributed by atoms with Crippen LogP contribution in [0.4, 0.5) is 14.9 Å². The lowest BCUT2D eigenvalue weighted by atomic mass is 9.88. The Morgan fingerprint density at radius 1 is 0.930 bits per heavy atom. The lowest BCUT2D eigenvalue weighted by Crippen LogP contribution is -2.44. The Labute approximate surface area is 247 Å². The zero-order chi connectivity index (χ0) is 29.7. The summed E-state index contributed by atoms with van der Waals surface area (Å²) in [5.74, 6) is -0.851. The average Bonchev–Trinajstić information content (AvgIpc) is 3.51. The van der Waals surface area contributed by atoms with Crippen molar-refractivity contribution in [1.82, 2.24) is 15.2 Å². The summed E-state index contributed by atoms with van der Waals surface area (Å²) < 4.78 is 13.1. The molecule has 0 unspecified atom stereocenters. The van der Waals surface area contributed by atoms with Gasteiger partial charge in [0.05, 0.1) is 5.69 Å². The highest BCUT2D eigenvalue weighted by atomic mass is 19.1. The molecule has 5 aromatic rings. The summed E-state index contributed by atoms with van der Waals surface area (Å²) in [6.07, 6.45) is 0.981. The van der Waals surface area contributed by atoms with Crippen LogP contribution in [0.3, 0.4) is 0 Å². The van der Waals surface area contributed by atoms with Crippen molar-refractivity contribution in [3.8, 4) is 0 Å². The molecule has 3 heterocycles. The second-order valence-electron chi connectivity index (χ2n) is 11.1. The van der Waals surface area contributed by atoms with Gasteiger partial charge in [-0.25, -0.2) is 14.1 Å². The molecule has 214 valence electrons. The summed E-state index contributed by atoms with van der Waals surface area (Å²) in [6, 6.07) is 27.3. The van der Waals surface area contributed by atoms with Crippen LogP contribution in [0.25, 0.3) is 10.9 Å². The number of imide groups is 1. The fraction of sp³-hybridized carbons (Fsp3) is 0.171. The van der Waals surface area contributed by atoms with E-state index in [1.165, 1.54) is 17.0 Å². The van der Waals surface area contributed by atoms with Crippen LogP contribution in [0, 0.1) is 12.7 Å². The zero-order valence-corrected chi connectivity index (χ0v) is 23.5. The Kier molecular flexibility index (Phi) is 6.54.